The first-order chi connectivity index (χ1) is 12.3. The molecule has 0 aliphatic rings. The highest BCUT2D eigenvalue weighted by molar-refractivity contribution is 7.12. The minimum absolute atomic E-state index is 0.147. The lowest BCUT2D eigenvalue weighted by Crippen LogP contribution is -2.33. The maximum Gasteiger partial charge on any atom is 0.416 e. The van der Waals surface area contributed by atoms with Crippen LogP contribution in [0.15, 0.2) is 47.9 Å². The second kappa shape index (κ2) is 8.43. The molecule has 9 heteroatoms. The average molecular weight is 383 g/mol. The van der Waals surface area contributed by atoms with Crippen LogP contribution < -0.4 is 5.32 Å². The molecule has 0 radical (unpaired) electrons. The van der Waals surface area contributed by atoms with E-state index in [9.17, 15) is 27.6 Å². The average Bonchev–Trinajstić information content (AvgIpc) is 3.12. The van der Waals surface area contributed by atoms with E-state index in [1.165, 1.54) is 18.2 Å². The molecule has 0 aliphatic carbocycles. The number of rotatable bonds is 5. The minimum atomic E-state index is -4.49. The predicted molar refractivity (Wildman–Crippen MR) is 88.2 cm³/mol. The number of alkyl halides is 3. The van der Waals surface area contributed by atoms with Crippen molar-refractivity contribution in [2.75, 3.05) is 6.61 Å². The molecule has 0 unspecified atom stereocenters. The largest absolute Gasteiger partial charge is 0.452 e. The number of imide groups is 1. The first-order valence-electron chi connectivity index (χ1n) is 7.15. The quantitative estimate of drug-likeness (QED) is 0.635. The molecule has 136 valence electrons. The van der Waals surface area contributed by atoms with Gasteiger partial charge in [0, 0.05) is 6.08 Å². The van der Waals surface area contributed by atoms with Crippen LogP contribution in [0.1, 0.15) is 20.8 Å². The number of carbonyl (C=O) groups is 3. The van der Waals surface area contributed by atoms with Gasteiger partial charge in [0.25, 0.3) is 11.8 Å². The predicted octanol–water partition coefficient (Wildman–Crippen LogP) is 3.28. The Labute approximate surface area is 150 Å². The number of esters is 1. The molecule has 0 fully saturated rings. The molecular weight excluding hydrogens is 371 g/mol. The van der Waals surface area contributed by atoms with E-state index < -0.39 is 36.1 Å². The molecule has 2 rings (SSSR count). The van der Waals surface area contributed by atoms with Crippen LogP contribution in [0.2, 0.25) is 0 Å². The zero-order valence-corrected chi connectivity index (χ0v) is 13.9. The fourth-order valence-corrected chi connectivity index (χ4v) is 2.42. The number of thiophene rings is 1. The van der Waals surface area contributed by atoms with E-state index in [-0.39, 0.29) is 5.56 Å². The second-order valence-corrected chi connectivity index (χ2v) is 5.87. The van der Waals surface area contributed by atoms with Crippen molar-refractivity contribution in [3.05, 3.63) is 63.9 Å². The van der Waals surface area contributed by atoms with Gasteiger partial charge in [-0.15, -0.1) is 11.3 Å². The van der Waals surface area contributed by atoms with E-state index in [1.807, 2.05) is 5.32 Å². The standard InChI is InChI=1S/C17H12F3NO4S/c18-17(19,20)12-4-1-3-11(9-12)6-7-15(23)25-10-14(22)21-16(24)13-5-2-8-26-13/h1-9H,10H2,(H,21,22,24)/b7-6+. The van der Waals surface area contributed by atoms with E-state index in [1.54, 1.807) is 11.4 Å². The number of amides is 2. The van der Waals surface area contributed by atoms with Crippen molar-refractivity contribution in [3.8, 4) is 0 Å². The van der Waals surface area contributed by atoms with Crippen molar-refractivity contribution >= 4 is 35.2 Å². The first-order valence-corrected chi connectivity index (χ1v) is 8.03. The van der Waals surface area contributed by atoms with Gasteiger partial charge in [-0.25, -0.2) is 4.79 Å². The molecule has 1 aromatic heterocycles. The molecule has 1 heterocycles. The van der Waals surface area contributed by atoms with Crippen LogP contribution in [0.5, 0.6) is 0 Å². The van der Waals surface area contributed by atoms with E-state index in [2.05, 4.69) is 4.74 Å². The van der Waals surface area contributed by atoms with Gasteiger partial charge in [0.15, 0.2) is 6.61 Å². The molecule has 2 amide bonds. The highest BCUT2D eigenvalue weighted by Crippen LogP contribution is 2.29. The van der Waals surface area contributed by atoms with Crippen LogP contribution >= 0.6 is 11.3 Å². The summed E-state index contributed by atoms with van der Waals surface area (Å²) in [5, 5.41) is 3.71. The van der Waals surface area contributed by atoms with Gasteiger partial charge in [-0.3, -0.25) is 14.9 Å². The molecule has 0 saturated carbocycles. The third-order valence-corrected chi connectivity index (χ3v) is 3.84. The number of halogens is 3. The highest BCUT2D eigenvalue weighted by atomic mass is 32.1. The number of ether oxygens (including phenoxy) is 1. The molecule has 0 atom stereocenters. The zero-order valence-electron chi connectivity index (χ0n) is 13.1. The van der Waals surface area contributed by atoms with Gasteiger partial charge in [-0.2, -0.15) is 13.2 Å². The summed E-state index contributed by atoms with van der Waals surface area (Å²) in [4.78, 5) is 35.0. The Morgan fingerprint density at radius 1 is 1.15 bits per heavy atom. The summed E-state index contributed by atoms with van der Waals surface area (Å²) in [6, 6.07) is 7.53. The number of hydrogen-bond donors (Lipinski definition) is 1. The monoisotopic (exact) mass is 383 g/mol. The topological polar surface area (TPSA) is 72.5 Å². The minimum Gasteiger partial charge on any atom is -0.452 e. The summed E-state index contributed by atoms with van der Waals surface area (Å²) in [5.41, 5.74) is -0.700. The van der Waals surface area contributed by atoms with E-state index in [0.29, 0.717) is 4.88 Å². The SMILES string of the molecule is O=C(COC(=O)/C=C/c1cccc(C(F)(F)F)c1)NC(=O)c1cccs1. The van der Waals surface area contributed by atoms with Gasteiger partial charge < -0.3 is 4.74 Å². The van der Waals surface area contributed by atoms with Gasteiger partial charge in [0.1, 0.15) is 0 Å². The van der Waals surface area contributed by atoms with Gasteiger partial charge >= 0.3 is 12.1 Å². The summed E-state index contributed by atoms with van der Waals surface area (Å²) < 4.78 is 42.4. The third-order valence-electron chi connectivity index (χ3n) is 2.97. The fourth-order valence-electron chi connectivity index (χ4n) is 1.80. The Morgan fingerprint density at radius 3 is 2.58 bits per heavy atom. The molecule has 1 aromatic carbocycles. The Kier molecular flexibility index (Phi) is 6.29. The molecule has 0 aliphatic heterocycles. The van der Waals surface area contributed by atoms with Crippen molar-refractivity contribution in [2.45, 2.75) is 6.18 Å². The molecule has 0 bridgehead atoms. The Hall–Kier alpha value is -2.94. The Bertz CT molecular complexity index is 829. The van der Waals surface area contributed by atoms with Gasteiger partial charge in [-0.05, 0) is 35.2 Å². The number of nitrogens with one attached hydrogen (secondary N) is 1. The molecule has 26 heavy (non-hydrogen) atoms. The van der Waals surface area contributed by atoms with E-state index in [4.69, 9.17) is 0 Å². The van der Waals surface area contributed by atoms with Gasteiger partial charge in [0.05, 0.1) is 10.4 Å². The number of carbonyl (C=O) groups excluding carboxylic acids is 3. The van der Waals surface area contributed by atoms with Crippen LogP contribution in [0.25, 0.3) is 6.08 Å². The number of benzene rings is 1. The summed E-state index contributed by atoms with van der Waals surface area (Å²) in [6.45, 7) is -0.692. The maximum absolute atomic E-state index is 12.6. The molecule has 0 saturated heterocycles. The molecule has 1 N–H and O–H groups in total. The lowest BCUT2D eigenvalue weighted by molar-refractivity contribution is -0.143. The lowest BCUT2D eigenvalue weighted by atomic mass is 10.1. The fraction of sp³-hybridized carbons (Fsp3) is 0.118. The second-order valence-electron chi connectivity index (χ2n) is 4.92. The highest BCUT2D eigenvalue weighted by Gasteiger charge is 2.30. The summed E-state index contributed by atoms with van der Waals surface area (Å²) in [7, 11) is 0. The van der Waals surface area contributed by atoms with Crippen molar-refractivity contribution in [3.63, 3.8) is 0 Å². The Morgan fingerprint density at radius 2 is 1.92 bits per heavy atom. The Balaban J connectivity index is 1.84. The molecule has 5 nitrogen and oxygen atoms in total. The van der Waals surface area contributed by atoms with Crippen molar-refractivity contribution in [1.82, 2.24) is 5.32 Å². The van der Waals surface area contributed by atoms with Gasteiger partial charge in [0.2, 0.25) is 0 Å². The van der Waals surface area contributed by atoms with Crippen LogP contribution in [0.4, 0.5) is 13.2 Å². The maximum atomic E-state index is 12.6. The van der Waals surface area contributed by atoms with Crippen molar-refractivity contribution < 1.29 is 32.3 Å². The summed E-state index contributed by atoms with van der Waals surface area (Å²) in [5.74, 6) is -2.36. The smallest absolute Gasteiger partial charge is 0.416 e. The van der Waals surface area contributed by atoms with Crippen molar-refractivity contribution in [2.24, 2.45) is 0 Å². The van der Waals surface area contributed by atoms with E-state index >= 15 is 0 Å². The van der Waals surface area contributed by atoms with Crippen LogP contribution in [0, 0.1) is 0 Å². The van der Waals surface area contributed by atoms with Crippen LogP contribution in [0.3, 0.4) is 0 Å². The van der Waals surface area contributed by atoms with Crippen LogP contribution in [-0.4, -0.2) is 24.4 Å². The lowest BCUT2D eigenvalue weighted by Gasteiger charge is -2.06. The summed E-state index contributed by atoms with van der Waals surface area (Å²) >= 11 is 1.14. The van der Waals surface area contributed by atoms with Gasteiger partial charge in [-0.1, -0.05) is 18.2 Å². The third kappa shape index (κ3) is 5.85. The molecule has 0 spiro atoms. The van der Waals surface area contributed by atoms with Crippen LogP contribution in [-0.2, 0) is 20.5 Å². The first kappa shape index (κ1) is 19.4. The zero-order chi connectivity index (χ0) is 19.2. The normalized spacial score (nSPS) is 11.3. The number of hydrogen-bond acceptors (Lipinski definition) is 5. The van der Waals surface area contributed by atoms with E-state index in [0.717, 1.165) is 35.6 Å². The van der Waals surface area contributed by atoms with Crippen molar-refractivity contribution in [1.29, 1.82) is 0 Å². The molecular formula is C17H12F3NO4S. The summed E-state index contributed by atoms with van der Waals surface area (Å²) in [6.07, 6.45) is -2.46. The molecule has 2 aromatic rings.